The zero-order valence-corrected chi connectivity index (χ0v) is 14.5. The lowest BCUT2D eigenvalue weighted by Gasteiger charge is -2.12. The molecule has 0 aliphatic carbocycles. The van der Waals surface area contributed by atoms with E-state index in [0.717, 1.165) is 17.1 Å². The minimum atomic E-state index is 0.365. The van der Waals surface area contributed by atoms with Gasteiger partial charge in [-0.2, -0.15) is 9.97 Å². The Bertz CT molecular complexity index is 856. The molecule has 130 valence electrons. The second-order valence-corrected chi connectivity index (χ2v) is 5.21. The lowest BCUT2D eigenvalue weighted by molar-refractivity contribution is 0.373. The number of hydrogen-bond acceptors (Lipinski definition) is 7. The molecule has 1 aromatic carbocycles. The summed E-state index contributed by atoms with van der Waals surface area (Å²) in [5.41, 5.74) is 2.59. The van der Waals surface area contributed by atoms with Crippen molar-refractivity contribution in [2.45, 2.75) is 6.92 Å². The number of hydrogen-bond donors (Lipinski definition) is 1. The van der Waals surface area contributed by atoms with Crippen LogP contribution in [0, 0.1) is 6.92 Å². The van der Waals surface area contributed by atoms with E-state index in [1.54, 1.807) is 19.5 Å². The summed E-state index contributed by atoms with van der Waals surface area (Å²) < 4.78 is 17.7. The first-order chi connectivity index (χ1) is 12.1. The Morgan fingerprint density at radius 3 is 2.24 bits per heavy atom. The zero-order valence-electron chi connectivity index (χ0n) is 14.5. The highest BCUT2D eigenvalue weighted by Crippen LogP contribution is 2.28. The predicted molar refractivity (Wildman–Crippen MR) is 93.3 cm³/mol. The molecule has 3 rings (SSSR count). The fourth-order valence-corrected chi connectivity index (χ4v) is 2.32. The molecule has 2 heterocycles. The van der Waals surface area contributed by atoms with Gasteiger partial charge in [-0.05, 0) is 19.1 Å². The Hall–Kier alpha value is -3.29. The number of ether oxygens (including phenoxy) is 3. The van der Waals surface area contributed by atoms with E-state index in [1.165, 1.54) is 14.2 Å². The van der Waals surface area contributed by atoms with Gasteiger partial charge in [0.2, 0.25) is 17.7 Å². The van der Waals surface area contributed by atoms with Gasteiger partial charge < -0.3 is 24.1 Å². The highest BCUT2D eigenvalue weighted by Gasteiger charge is 2.10. The van der Waals surface area contributed by atoms with Gasteiger partial charge in [0.1, 0.15) is 5.75 Å². The van der Waals surface area contributed by atoms with Crippen molar-refractivity contribution in [3.8, 4) is 23.2 Å². The van der Waals surface area contributed by atoms with Crippen molar-refractivity contribution in [3.63, 3.8) is 0 Å². The summed E-state index contributed by atoms with van der Waals surface area (Å²) in [5, 5.41) is 3.12. The van der Waals surface area contributed by atoms with E-state index in [1.807, 2.05) is 35.9 Å². The van der Waals surface area contributed by atoms with E-state index in [2.05, 4.69) is 20.3 Å². The second kappa shape index (κ2) is 7.08. The van der Waals surface area contributed by atoms with Crippen molar-refractivity contribution in [3.05, 3.63) is 42.5 Å². The summed E-state index contributed by atoms with van der Waals surface area (Å²) in [6, 6.07) is 7.30. The summed E-state index contributed by atoms with van der Waals surface area (Å²) in [6.07, 6.45) is 3.68. The number of nitrogens with zero attached hydrogens (tertiary/aromatic N) is 4. The standard InChI is InChI=1S/C17H19N5O3/c1-11-9-22(10-18-11)13-6-5-12(7-14(13)23-2)19-17-20-15(24-3)8-16(21-17)25-4/h5-10H,1-4H3,(H,19,20,21). The quantitative estimate of drug-likeness (QED) is 0.738. The molecule has 0 bridgehead atoms. The summed E-state index contributed by atoms with van der Waals surface area (Å²) in [5.74, 6) is 1.88. The van der Waals surface area contributed by atoms with Crippen LogP contribution in [0.5, 0.6) is 17.5 Å². The third-order valence-electron chi connectivity index (χ3n) is 3.52. The van der Waals surface area contributed by atoms with E-state index in [-0.39, 0.29) is 0 Å². The average Bonchev–Trinajstić information content (AvgIpc) is 3.07. The molecule has 0 saturated heterocycles. The molecule has 0 aliphatic heterocycles. The molecule has 0 spiro atoms. The maximum absolute atomic E-state index is 5.50. The molecule has 0 radical (unpaired) electrons. The molecule has 0 aliphatic rings. The van der Waals surface area contributed by atoms with Crippen LogP contribution in [0.25, 0.3) is 5.69 Å². The molecule has 0 unspecified atom stereocenters. The summed E-state index contributed by atoms with van der Waals surface area (Å²) >= 11 is 0. The number of nitrogens with one attached hydrogen (secondary N) is 1. The normalized spacial score (nSPS) is 10.4. The van der Waals surface area contributed by atoms with Crippen molar-refractivity contribution >= 4 is 11.6 Å². The van der Waals surface area contributed by atoms with Gasteiger partial charge in [-0.1, -0.05) is 0 Å². The smallest absolute Gasteiger partial charge is 0.233 e. The summed E-state index contributed by atoms with van der Waals surface area (Å²) in [7, 11) is 4.70. The number of rotatable bonds is 6. The number of methoxy groups -OCH3 is 3. The first-order valence-electron chi connectivity index (χ1n) is 7.56. The molecule has 8 nitrogen and oxygen atoms in total. The molecule has 0 atom stereocenters. The summed E-state index contributed by atoms with van der Waals surface area (Å²) in [6.45, 7) is 1.94. The summed E-state index contributed by atoms with van der Waals surface area (Å²) in [4.78, 5) is 12.7. The predicted octanol–water partition coefficient (Wildman–Crippen LogP) is 2.74. The van der Waals surface area contributed by atoms with Crippen LogP contribution in [0.3, 0.4) is 0 Å². The van der Waals surface area contributed by atoms with E-state index >= 15 is 0 Å². The van der Waals surface area contributed by atoms with Crippen LogP contribution in [0.4, 0.5) is 11.6 Å². The van der Waals surface area contributed by atoms with Crippen LogP contribution in [0.15, 0.2) is 36.8 Å². The highest BCUT2D eigenvalue weighted by atomic mass is 16.5. The number of anilines is 2. The van der Waals surface area contributed by atoms with Crippen LogP contribution < -0.4 is 19.5 Å². The number of imidazole rings is 1. The lowest BCUT2D eigenvalue weighted by atomic mass is 10.2. The molecule has 0 saturated carbocycles. The van der Waals surface area contributed by atoms with E-state index < -0.39 is 0 Å². The fraction of sp³-hybridized carbons (Fsp3) is 0.235. The van der Waals surface area contributed by atoms with Gasteiger partial charge in [0.15, 0.2) is 0 Å². The highest BCUT2D eigenvalue weighted by molar-refractivity contribution is 5.62. The Morgan fingerprint density at radius 2 is 1.68 bits per heavy atom. The average molecular weight is 341 g/mol. The fourth-order valence-electron chi connectivity index (χ4n) is 2.32. The molecular weight excluding hydrogens is 322 g/mol. The molecular formula is C17H19N5O3. The van der Waals surface area contributed by atoms with Gasteiger partial charge in [-0.15, -0.1) is 0 Å². The topological polar surface area (TPSA) is 83.3 Å². The van der Waals surface area contributed by atoms with E-state index in [0.29, 0.717) is 23.5 Å². The molecule has 0 amide bonds. The van der Waals surface area contributed by atoms with Crippen LogP contribution in [-0.4, -0.2) is 40.8 Å². The maximum Gasteiger partial charge on any atom is 0.233 e. The molecule has 8 heteroatoms. The minimum Gasteiger partial charge on any atom is -0.494 e. The molecule has 25 heavy (non-hydrogen) atoms. The van der Waals surface area contributed by atoms with Gasteiger partial charge in [-0.25, -0.2) is 4.98 Å². The molecule has 3 aromatic rings. The van der Waals surface area contributed by atoms with Crippen molar-refractivity contribution in [2.75, 3.05) is 26.6 Å². The lowest BCUT2D eigenvalue weighted by Crippen LogP contribution is -2.02. The SMILES string of the molecule is COc1cc(OC)nc(Nc2ccc(-n3cnc(C)c3)c(OC)c2)n1. The van der Waals surface area contributed by atoms with Crippen molar-refractivity contribution < 1.29 is 14.2 Å². The number of benzene rings is 1. The third kappa shape index (κ3) is 3.63. The number of aromatic nitrogens is 4. The van der Waals surface area contributed by atoms with Gasteiger partial charge in [0, 0.05) is 18.0 Å². The minimum absolute atomic E-state index is 0.365. The van der Waals surface area contributed by atoms with Gasteiger partial charge in [0.05, 0.1) is 45.1 Å². The largest absolute Gasteiger partial charge is 0.494 e. The van der Waals surface area contributed by atoms with Crippen molar-refractivity contribution in [2.24, 2.45) is 0 Å². The Balaban J connectivity index is 1.91. The van der Waals surface area contributed by atoms with Crippen LogP contribution in [0.2, 0.25) is 0 Å². The van der Waals surface area contributed by atoms with Gasteiger partial charge in [0.25, 0.3) is 0 Å². The van der Waals surface area contributed by atoms with Crippen LogP contribution in [0.1, 0.15) is 5.69 Å². The molecule has 1 N–H and O–H groups in total. The zero-order chi connectivity index (χ0) is 17.8. The Labute approximate surface area is 145 Å². The first-order valence-corrected chi connectivity index (χ1v) is 7.56. The number of aryl methyl sites for hydroxylation is 1. The molecule has 2 aromatic heterocycles. The van der Waals surface area contributed by atoms with Gasteiger partial charge >= 0.3 is 0 Å². The van der Waals surface area contributed by atoms with Crippen molar-refractivity contribution in [1.29, 1.82) is 0 Å². The molecule has 0 fully saturated rings. The van der Waals surface area contributed by atoms with E-state index in [9.17, 15) is 0 Å². The first kappa shape index (κ1) is 16.6. The van der Waals surface area contributed by atoms with Gasteiger partial charge in [-0.3, -0.25) is 0 Å². The monoisotopic (exact) mass is 341 g/mol. The van der Waals surface area contributed by atoms with Crippen LogP contribution >= 0.6 is 0 Å². The Morgan fingerprint density at radius 1 is 0.960 bits per heavy atom. The Kier molecular flexibility index (Phi) is 4.69. The third-order valence-corrected chi connectivity index (χ3v) is 3.52. The van der Waals surface area contributed by atoms with E-state index in [4.69, 9.17) is 14.2 Å². The second-order valence-electron chi connectivity index (χ2n) is 5.21. The maximum atomic E-state index is 5.50. The van der Waals surface area contributed by atoms with Crippen LogP contribution in [-0.2, 0) is 0 Å². The van der Waals surface area contributed by atoms with Crippen molar-refractivity contribution in [1.82, 2.24) is 19.5 Å².